The molecule has 8 nitrogen and oxygen atoms in total. The number of H-pyrrole nitrogens is 1. The largest absolute Gasteiger partial charge is 0.481 e. The number of rotatable bonds is 4. The third kappa shape index (κ3) is 4.83. The third-order valence-electron chi connectivity index (χ3n) is 4.14. The number of allylic oxidation sites excluding steroid dienone is 2. The Bertz CT molecular complexity index is 954. The fourth-order valence-electron chi connectivity index (χ4n) is 2.53. The molecule has 5 N–H and O–H groups in total. The van der Waals surface area contributed by atoms with E-state index >= 15 is 0 Å². The summed E-state index contributed by atoms with van der Waals surface area (Å²) < 4.78 is 1.47. The van der Waals surface area contributed by atoms with Gasteiger partial charge in [0, 0.05) is 24.4 Å². The summed E-state index contributed by atoms with van der Waals surface area (Å²) >= 11 is 0. The van der Waals surface area contributed by atoms with Gasteiger partial charge in [0.1, 0.15) is 0 Å². The van der Waals surface area contributed by atoms with Crippen molar-refractivity contribution in [3.8, 4) is 5.69 Å². The molecule has 142 valence electrons. The van der Waals surface area contributed by atoms with Crippen LogP contribution in [-0.4, -0.2) is 31.9 Å². The van der Waals surface area contributed by atoms with Gasteiger partial charge >= 0.3 is 11.9 Å². The zero-order valence-corrected chi connectivity index (χ0v) is 14.8. The molecule has 2 aromatic rings. The smallest absolute Gasteiger partial charge is 0.331 e. The van der Waals surface area contributed by atoms with Crippen LogP contribution in [0.5, 0.6) is 0 Å². The molecule has 1 aliphatic carbocycles. The number of nitrogens with zero attached hydrogens (tertiary/aromatic N) is 1. The lowest BCUT2D eigenvalue weighted by Crippen LogP contribution is -2.28. The van der Waals surface area contributed by atoms with E-state index in [-0.39, 0.29) is 17.6 Å². The summed E-state index contributed by atoms with van der Waals surface area (Å²) in [4.78, 5) is 32.7. The second kappa shape index (κ2) is 8.33. The number of hydrogen-bond acceptors (Lipinski definition) is 4. The monoisotopic (exact) mass is 371 g/mol. The van der Waals surface area contributed by atoms with Crippen LogP contribution in [0.25, 0.3) is 5.69 Å². The molecule has 0 bridgehead atoms. The van der Waals surface area contributed by atoms with Crippen LogP contribution in [0.15, 0.2) is 65.1 Å². The van der Waals surface area contributed by atoms with Gasteiger partial charge in [-0.3, -0.25) is 14.7 Å². The maximum Gasteiger partial charge on any atom is 0.331 e. The molecule has 0 spiro atoms. The molecule has 0 radical (unpaired) electrons. The topological polar surface area (TPSA) is 138 Å². The van der Waals surface area contributed by atoms with Crippen molar-refractivity contribution in [3.05, 3.63) is 76.2 Å². The molecule has 1 aromatic carbocycles. The van der Waals surface area contributed by atoms with Gasteiger partial charge in [0.25, 0.3) is 5.56 Å². The van der Waals surface area contributed by atoms with E-state index in [4.69, 9.17) is 15.9 Å². The van der Waals surface area contributed by atoms with Gasteiger partial charge in [-0.15, -0.1) is 0 Å². The fourth-order valence-corrected chi connectivity index (χ4v) is 2.53. The Morgan fingerprint density at radius 3 is 2.59 bits per heavy atom. The van der Waals surface area contributed by atoms with Crippen LogP contribution in [0.1, 0.15) is 18.9 Å². The number of hydrogen-bond donors (Lipinski definition) is 4. The lowest BCUT2D eigenvalue weighted by molar-refractivity contribution is -0.145. The quantitative estimate of drug-likeness (QED) is 0.645. The van der Waals surface area contributed by atoms with Gasteiger partial charge in [-0.25, -0.2) is 9.48 Å². The van der Waals surface area contributed by atoms with Gasteiger partial charge in [-0.05, 0) is 31.0 Å². The van der Waals surface area contributed by atoms with Crippen molar-refractivity contribution in [1.29, 1.82) is 0 Å². The summed E-state index contributed by atoms with van der Waals surface area (Å²) in [6.07, 6.45) is 6.04. The average molecular weight is 371 g/mol. The first-order chi connectivity index (χ1) is 12.8. The van der Waals surface area contributed by atoms with E-state index in [1.54, 1.807) is 6.20 Å². The molecule has 0 fully saturated rings. The summed E-state index contributed by atoms with van der Waals surface area (Å²) in [7, 11) is 0. The first kappa shape index (κ1) is 19.9. The van der Waals surface area contributed by atoms with Crippen molar-refractivity contribution in [2.45, 2.75) is 19.9 Å². The van der Waals surface area contributed by atoms with E-state index < -0.39 is 17.4 Å². The Morgan fingerprint density at radius 1 is 1.30 bits per heavy atom. The van der Waals surface area contributed by atoms with Crippen molar-refractivity contribution in [3.63, 3.8) is 0 Å². The van der Waals surface area contributed by atoms with Gasteiger partial charge < -0.3 is 15.9 Å². The minimum absolute atomic E-state index is 0.0359. The zero-order valence-electron chi connectivity index (χ0n) is 14.8. The lowest BCUT2D eigenvalue weighted by Gasteiger charge is -2.23. The molecule has 0 saturated heterocycles. The third-order valence-corrected chi connectivity index (χ3v) is 4.14. The second-order valence-corrected chi connectivity index (χ2v) is 6.27. The predicted octanol–water partition coefficient (Wildman–Crippen LogP) is 1.67. The van der Waals surface area contributed by atoms with Crippen LogP contribution in [0.4, 0.5) is 0 Å². The Balaban J connectivity index is 0.000000194. The number of nitrogens with two attached hydrogens (primary N) is 1. The van der Waals surface area contributed by atoms with Gasteiger partial charge in [0.2, 0.25) is 0 Å². The van der Waals surface area contributed by atoms with E-state index in [0.717, 1.165) is 11.3 Å². The number of nitrogens with one attached hydrogen (secondary N) is 1. The van der Waals surface area contributed by atoms with Crippen molar-refractivity contribution in [2.24, 2.45) is 11.1 Å². The summed E-state index contributed by atoms with van der Waals surface area (Å²) in [5, 5.41) is 20.3. The van der Waals surface area contributed by atoms with Crippen molar-refractivity contribution >= 4 is 11.9 Å². The van der Waals surface area contributed by atoms with Gasteiger partial charge in [-0.1, -0.05) is 30.4 Å². The number of aromatic amines is 1. The van der Waals surface area contributed by atoms with Crippen LogP contribution in [0.2, 0.25) is 0 Å². The Morgan fingerprint density at radius 2 is 2.04 bits per heavy atom. The van der Waals surface area contributed by atoms with E-state index in [1.807, 2.05) is 24.3 Å². The zero-order chi connectivity index (χ0) is 20.0. The maximum atomic E-state index is 11.3. The SMILES string of the molecule is CC1(C(=O)O)C=CC=C(C(=O)O)C1.NCc1cccc(-n2[nH]ccc2=O)c1. The summed E-state index contributed by atoms with van der Waals surface area (Å²) in [6, 6.07) is 9.03. The first-order valence-corrected chi connectivity index (χ1v) is 8.18. The molecular weight excluding hydrogens is 350 g/mol. The van der Waals surface area contributed by atoms with E-state index in [2.05, 4.69) is 5.10 Å². The van der Waals surface area contributed by atoms with Gasteiger partial charge in [0.05, 0.1) is 11.1 Å². The van der Waals surface area contributed by atoms with Crippen molar-refractivity contribution in [2.75, 3.05) is 0 Å². The molecule has 1 aromatic heterocycles. The minimum atomic E-state index is -1.08. The van der Waals surface area contributed by atoms with E-state index in [0.29, 0.717) is 6.54 Å². The molecule has 1 heterocycles. The summed E-state index contributed by atoms with van der Waals surface area (Å²) in [6.45, 7) is 1.98. The van der Waals surface area contributed by atoms with Crippen LogP contribution < -0.4 is 11.3 Å². The minimum Gasteiger partial charge on any atom is -0.481 e. The Hall–Kier alpha value is -3.39. The standard InChI is InChI=1S/C10H11N3O.C9H10O4/c11-7-8-2-1-3-9(6-8)13-10(14)4-5-12-13;1-9(8(12)13)4-2-3-6(5-9)7(10)11/h1-6,12H,7,11H2;2-4H,5H2,1H3,(H,10,11)(H,12,13). The Kier molecular flexibility index (Phi) is 6.15. The summed E-state index contributed by atoms with van der Waals surface area (Å²) in [5.74, 6) is -2.06. The number of benzene rings is 1. The molecule has 8 heteroatoms. The number of carboxylic acids is 2. The van der Waals surface area contributed by atoms with Gasteiger partial charge in [0.15, 0.2) is 0 Å². The summed E-state index contributed by atoms with van der Waals surface area (Å²) in [5.41, 5.74) is 6.31. The molecule has 1 aliphatic rings. The second-order valence-electron chi connectivity index (χ2n) is 6.27. The fraction of sp³-hybridized carbons (Fsp3) is 0.211. The van der Waals surface area contributed by atoms with E-state index in [1.165, 1.54) is 35.9 Å². The molecule has 1 atom stereocenters. The van der Waals surface area contributed by atoms with Crippen LogP contribution in [0.3, 0.4) is 0 Å². The number of aliphatic carboxylic acids is 2. The lowest BCUT2D eigenvalue weighted by atomic mass is 9.80. The molecule has 27 heavy (non-hydrogen) atoms. The normalized spacial score (nSPS) is 18.2. The van der Waals surface area contributed by atoms with Crippen molar-refractivity contribution in [1.82, 2.24) is 9.78 Å². The molecule has 1 unspecified atom stereocenters. The first-order valence-electron chi connectivity index (χ1n) is 8.18. The van der Waals surface area contributed by atoms with Crippen LogP contribution in [0, 0.1) is 5.41 Å². The Labute approximate surface area is 155 Å². The number of aromatic nitrogens is 2. The maximum absolute atomic E-state index is 11.3. The molecule has 0 saturated carbocycles. The highest BCUT2D eigenvalue weighted by Crippen LogP contribution is 2.31. The highest BCUT2D eigenvalue weighted by atomic mass is 16.4. The van der Waals surface area contributed by atoms with Crippen molar-refractivity contribution < 1.29 is 19.8 Å². The van der Waals surface area contributed by atoms with Crippen LogP contribution >= 0.6 is 0 Å². The highest BCUT2D eigenvalue weighted by Gasteiger charge is 2.34. The van der Waals surface area contributed by atoms with Gasteiger partial charge in [-0.2, -0.15) is 0 Å². The molecule has 3 rings (SSSR count). The number of carbonyl (C=O) groups is 2. The highest BCUT2D eigenvalue weighted by molar-refractivity contribution is 5.90. The van der Waals surface area contributed by atoms with E-state index in [9.17, 15) is 14.4 Å². The molecule has 0 aliphatic heterocycles. The number of carboxylic acid groups (broad SMARTS) is 2. The predicted molar refractivity (Wildman–Crippen MR) is 99.5 cm³/mol. The van der Waals surface area contributed by atoms with Crippen LogP contribution in [-0.2, 0) is 16.1 Å². The molecule has 0 amide bonds. The average Bonchev–Trinajstić information content (AvgIpc) is 3.08. The molecular formula is C19H21N3O5.